The zero-order chi connectivity index (χ0) is 14.9. The van der Waals surface area contributed by atoms with Gasteiger partial charge in [0.25, 0.3) is 0 Å². The summed E-state index contributed by atoms with van der Waals surface area (Å²) in [5.41, 5.74) is 10.3. The van der Waals surface area contributed by atoms with Gasteiger partial charge in [-0.05, 0) is 43.0 Å². The number of aryl methyl sites for hydroxylation is 2. The lowest BCUT2D eigenvalue weighted by atomic mass is 10.0. The quantitative estimate of drug-likeness (QED) is 0.877. The molecule has 2 aromatic rings. The first-order chi connectivity index (χ1) is 9.40. The smallest absolute Gasteiger partial charge is 0.139 e. The van der Waals surface area contributed by atoms with Crippen molar-refractivity contribution in [1.29, 1.82) is 0 Å². The van der Waals surface area contributed by atoms with Crippen LogP contribution in [0.5, 0.6) is 0 Å². The number of benzene rings is 1. The summed E-state index contributed by atoms with van der Waals surface area (Å²) in [6.07, 6.45) is 1.49. The third-order valence-electron chi connectivity index (χ3n) is 3.19. The summed E-state index contributed by atoms with van der Waals surface area (Å²) < 4.78 is 1.13. The van der Waals surface area contributed by atoms with Crippen LogP contribution < -0.4 is 11.1 Å². The average Bonchev–Trinajstić information content (AvgIpc) is 2.35. The molecular weight excluding hydrogens is 316 g/mol. The first kappa shape index (κ1) is 14.8. The minimum atomic E-state index is 0.261. The molecule has 4 nitrogen and oxygen atoms in total. The summed E-state index contributed by atoms with van der Waals surface area (Å²) in [6.45, 7) is 8.30. The van der Waals surface area contributed by atoms with Crippen molar-refractivity contribution < 1.29 is 0 Å². The summed E-state index contributed by atoms with van der Waals surface area (Å²) >= 11 is 3.57. The van der Waals surface area contributed by atoms with E-state index in [0.29, 0.717) is 5.82 Å². The van der Waals surface area contributed by atoms with Crippen LogP contribution in [0.2, 0.25) is 0 Å². The number of nitrogen functional groups attached to an aromatic ring is 1. The first-order valence-corrected chi connectivity index (χ1v) is 7.33. The van der Waals surface area contributed by atoms with Gasteiger partial charge in [0.1, 0.15) is 18.0 Å². The number of aromatic nitrogens is 2. The number of anilines is 3. The molecule has 1 aromatic heterocycles. The van der Waals surface area contributed by atoms with Crippen molar-refractivity contribution in [2.45, 2.75) is 33.6 Å². The van der Waals surface area contributed by atoms with E-state index in [4.69, 9.17) is 5.73 Å². The lowest BCUT2D eigenvalue weighted by Gasteiger charge is -2.16. The van der Waals surface area contributed by atoms with Crippen LogP contribution in [-0.2, 0) is 0 Å². The van der Waals surface area contributed by atoms with Gasteiger partial charge in [-0.15, -0.1) is 0 Å². The molecule has 0 radical (unpaired) electrons. The summed E-state index contributed by atoms with van der Waals surface area (Å²) in [6, 6.07) is 4.17. The minimum Gasteiger partial charge on any atom is -0.383 e. The molecule has 0 atom stereocenters. The van der Waals surface area contributed by atoms with Crippen molar-refractivity contribution in [3.05, 3.63) is 39.6 Å². The Morgan fingerprint density at radius 1 is 1.15 bits per heavy atom. The predicted octanol–water partition coefficient (Wildman–Crippen LogP) is 4.31. The summed E-state index contributed by atoms with van der Waals surface area (Å²) in [4.78, 5) is 8.39. The molecule has 20 heavy (non-hydrogen) atoms. The molecule has 0 aliphatic rings. The van der Waals surface area contributed by atoms with E-state index in [2.05, 4.69) is 71.0 Å². The van der Waals surface area contributed by atoms with Gasteiger partial charge in [0.15, 0.2) is 0 Å². The Bertz CT molecular complexity index is 615. The standard InChI is InChI=1S/C15H19BrN4/c1-8(2)12-14(17)18-7-19-15(12)20-11-5-9(3)13(16)10(4)6-11/h5-8H,1-4H3,(H3,17,18,19,20). The van der Waals surface area contributed by atoms with Crippen LogP contribution in [0, 0.1) is 13.8 Å². The maximum Gasteiger partial charge on any atom is 0.139 e. The van der Waals surface area contributed by atoms with Gasteiger partial charge in [-0.3, -0.25) is 0 Å². The highest BCUT2D eigenvalue weighted by Crippen LogP contribution is 2.31. The molecule has 0 unspecified atom stereocenters. The maximum atomic E-state index is 5.96. The van der Waals surface area contributed by atoms with E-state index in [1.54, 1.807) is 0 Å². The second kappa shape index (κ2) is 5.79. The van der Waals surface area contributed by atoms with E-state index in [1.165, 1.54) is 17.5 Å². The number of nitrogens with zero attached hydrogens (tertiary/aromatic N) is 2. The molecule has 0 spiro atoms. The number of rotatable bonds is 3. The van der Waals surface area contributed by atoms with Crippen LogP contribution in [0.25, 0.3) is 0 Å². The largest absolute Gasteiger partial charge is 0.383 e. The highest BCUT2D eigenvalue weighted by atomic mass is 79.9. The molecule has 0 bridgehead atoms. The predicted molar refractivity (Wildman–Crippen MR) is 87.4 cm³/mol. The average molecular weight is 335 g/mol. The molecule has 2 rings (SSSR count). The van der Waals surface area contributed by atoms with Crippen LogP contribution in [-0.4, -0.2) is 9.97 Å². The SMILES string of the molecule is Cc1cc(Nc2ncnc(N)c2C(C)C)cc(C)c1Br. The molecule has 0 saturated carbocycles. The minimum absolute atomic E-state index is 0.261. The Morgan fingerprint density at radius 2 is 1.75 bits per heavy atom. The molecule has 106 valence electrons. The van der Waals surface area contributed by atoms with Crippen LogP contribution in [0.1, 0.15) is 36.5 Å². The molecular formula is C15H19BrN4. The monoisotopic (exact) mass is 334 g/mol. The topological polar surface area (TPSA) is 63.8 Å². The first-order valence-electron chi connectivity index (χ1n) is 6.54. The fraction of sp³-hybridized carbons (Fsp3) is 0.333. The molecule has 0 aliphatic carbocycles. The Balaban J connectivity index is 2.43. The van der Waals surface area contributed by atoms with Crippen molar-refractivity contribution >= 4 is 33.3 Å². The Labute approximate surface area is 128 Å². The van der Waals surface area contributed by atoms with Gasteiger partial charge in [-0.25, -0.2) is 9.97 Å². The van der Waals surface area contributed by atoms with Gasteiger partial charge in [-0.2, -0.15) is 0 Å². The second-order valence-electron chi connectivity index (χ2n) is 5.22. The summed E-state index contributed by atoms with van der Waals surface area (Å²) in [5, 5.41) is 3.35. The molecule has 0 aliphatic heterocycles. The molecule has 1 heterocycles. The molecule has 0 fully saturated rings. The number of hydrogen-bond donors (Lipinski definition) is 2. The molecule has 0 amide bonds. The Kier molecular flexibility index (Phi) is 4.28. The fourth-order valence-corrected chi connectivity index (χ4v) is 2.46. The van der Waals surface area contributed by atoms with Crippen LogP contribution >= 0.6 is 15.9 Å². The van der Waals surface area contributed by atoms with Crippen molar-refractivity contribution in [2.75, 3.05) is 11.1 Å². The van der Waals surface area contributed by atoms with Gasteiger partial charge in [0, 0.05) is 15.7 Å². The number of hydrogen-bond acceptors (Lipinski definition) is 4. The van der Waals surface area contributed by atoms with E-state index in [-0.39, 0.29) is 5.92 Å². The number of nitrogens with one attached hydrogen (secondary N) is 1. The third-order valence-corrected chi connectivity index (χ3v) is 4.44. The zero-order valence-electron chi connectivity index (χ0n) is 12.2. The van der Waals surface area contributed by atoms with E-state index in [9.17, 15) is 0 Å². The summed E-state index contributed by atoms with van der Waals surface area (Å²) in [5.74, 6) is 1.56. The Morgan fingerprint density at radius 3 is 2.30 bits per heavy atom. The van der Waals surface area contributed by atoms with Gasteiger partial charge < -0.3 is 11.1 Å². The number of nitrogens with two attached hydrogens (primary N) is 1. The molecule has 5 heteroatoms. The van der Waals surface area contributed by atoms with Crippen molar-refractivity contribution in [3.63, 3.8) is 0 Å². The van der Waals surface area contributed by atoms with Gasteiger partial charge in [-0.1, -0.05) is 29.8 Å². The molecule has 1 aromatic carbocycles. The van der Waals surface area contributed by atoms with Crippen molar-refractivity contribution in [2.24, 2.45) is 0 Å². The molecule has 3 N–H and O–H groups in total. The molecule has 0 saturated heterocycles. The van der Waals surface area contributed by atoms with E-state index in [1.807, 2.05) is 0 Å². The highest BCUT2D eigenvalue weighted by molar-refractivity contribution is 9.10. The number of halogens is 1. The fourth-order valence-electron chi connectivity index (χ4n) is 2.23. The van der Waals surface area contributed by atoms with Gasteiger partial charge >= 0.3 is 0 Å². The van der Waals surface area contributed by atoms with Crippen LogP contribution in [0.4, 0.5) is 17.3 Å². The van der Waals surface area contributed by atoms with E-state index >= 15 is 0 Å². The Hall–Kier alpha value is -1.62. The van der Waals surface area contributed by atoms with Gasteiger partial charge in [0.05, 0.1) is 0 Å². The third kappa shape index (κ3) is 2.93. The summed E-state index contributed by atoms with van der Waals surface area (Å²) in [7, 11) is 0. The van der Waals surface area contributed by atoms with Gasteiger partial charge in [0.2, 0.25) is 0 Å². The zero-order valence-corrected chi connectivity index (χ0v) is 13.7. The highest BCUT2D eigenvalue weighted by Gasteiger charge is 2.13. The van der Waals surface area contributed by atoms with E-state index in [0.717, 1.165) is 21.5 Å². The normalized spacial score (nSPS) is 10.9. The van der Waals surface area contributed by atoms with Crippen LogP contribution in [0.3, 0.4) is 0 Å². The lowest BCUT2D eigenvalue weighted by Crippen LogP contribution is -2.06. The van der Waals surface area contributed by atoms with E-state index < -0.39 is 0 Å². The maximum absolute atomic E-state index is 5.96. The van der Waals surface area contributed by atoms with Crippen LogP contribution in [0.15, 0.2) is 22.9 Å². The van der Waals surface area contributed by atoms with Crippen molar-refractivity contribution in [3.8, 4) is 0 Å². The lowest BCUT2D eigenvalue weighted by molar-refractivity contribution is 0.855. The van der Waals surface area contributed by atoms with Crippen molar-refractivity contribution in [1.82, 2.24) is 9.97 Å². The second-order valence-corrected chi connectivity index (χ2v) is 6.02.